The first-order valence-corrected chi connectivity index (χ1v) is 5.88. The monoisotopic (exact) mass is 229 g/mol. The summed E-state index contributed by atoms with van der Waals surface area (Å²) in [5.74, 6) is -0.0894. The van der Waals surface area contributed by atoms with Gasteiger partial charge in [-0.15, -0.1) is 0 Å². The molecule has 92 valence electrons. The molecule has 2 rings (SSSR count). The van der Waals surface area contributed by atoms with Crippen molar-refractivity contribution in [2.75, 3.05) is 26.4 Å². The van der Waals surface area contributed by atoms with Crippen molar-refractivity contribution in [1.82, 2.24) is 5.32 Å². The number of hydrogen-bond acceptors (Lipinski definition) is 4. The summed E-state index contributed by atoms with van der Waals surface area (Å²) in [4.78, 5) is 11.9. The van der Waals surface area contributed by atoms with Crippen LogP contribution in [-0.4, -0.2) is 49.1 Å². The molecule has 0 bridgehead atoms. The minimum absolute atomic E-state index is 0.0329. The number of aliphatic hydroxyl groups excluding tert-OH is 1. The van der Waals surface area contributed by atoms with Crippen LogP contribution in [0.15, 0.2) is 0 Å². The van der Waals surface area contributed by atoms with Crippen molar-refractivity contribution in [3.8, 4) is 0 Å². The normalized spacial score (nSPS) is 28.9. The standard InChI is InChI=1S/C11H19NO4/c13-8-11(3-6-15-7-4-11)12-10(14)9-2-1-5-16-9/h9,13H,1-8H2,(H,12,14)/t9-/m0/s1. The Balaban J connectivity index is 1.91. The molecule has 0 unspecified atom stereocenters. The number of aliphatic hydroxyl groups is 1. The molecule has 1 amide bonds. The number of rotatable bonds is 3. The van der Waals surface area contributed by atoms with Crippen LogP contribution < -0.4 is 5.32 Å². The highest BCUT2D eigenvalue weighted by atomic mass is 16.5. The molecule has 0 radical (unpaired) electrons. The van der Waals surface area contributed by atoms with E-state index >= 15 is 0 Å². The van der Waals surface area contributed by atoms with Crippen molar-refractivity contribution >= 4 is 5.91 Å². The fourth-order valence-corrected chi connectivity index (χ4v) is 2.21. The number of nitrogens with one attached hydrogen (secondary N) is 1. The number of hydrogen-bond donors (Lipinski definition) is 2. The Bertz CT molecular complexity index is 244. The number of ether oxygens (including phenoxy) is 2. The van der Waals surface area contributed by atoms with Gasteiger partial charge in [-0.05, 0) is 25.7 Å². The van der Waals surface area contributed by atoms with Gasteiger partial charge in [0, 0.05) is 19.8 Å². The van der Waals surface area contributed by atoms with Crippen LogP contribution in [0.3, 0.4) is 0 Å². The zero-order chi connectivity index (χ0) is 11.4. The van der Waals surface area contributed by atoms with Crippen molar-refractivity contribution < 1.29 is 19.4 Å². The second-order valence-electron chi connectivity index (χ2n) is 4.54. The maximum absolute atomic E-state index is 11.9. The van der Waals surface area contributed by atoms with Crippen LogP contribution in [0.2, 0.25) is 0 Å². The van der Waals surface area contributed by atoms with Crippen LogP contribution in [0.4, 0.5) is 0 Å². The Morgan fingerprint density at radius 2 is 2.12 bits per heavy atom. The second kappa shape index (κ2) is 5.12. The lowest BCUT2D eigenvalue weighted by molar-refractivity contribution is -0.134. The molecule has 0 aromatic carbocycles. The van der Waals surface area contributed by atoms with E-state index in [2.05, 4.69) is 5.32 Å². The lowest BCUT2D eigenvalue weighted by Gasteiger charge is -2.36. The van der Waals surface area contributed by atoms with Crippen molar-refractivity contribution in [3.05, 3.63) is 0 Å². The molecule has 0 saturated carbocycles. The molecule has 16 heavy (non-hydrogen) atoms. The van der Waals surface area contributed by atoms with Gasteiger partial charge in [0.2, 0.25) is 5.91 Å². The van der Waals surface area contributed by atoms with Gasteiger partial charge in [0.15, 0.2) is 0 Å². The molecule has 5 nitrogen and oxygen atoms in total. The highest BCUT2D eigenvalue weighted by molar-refractivity contribution is 5.81. The van der Waals surface area contributed by atoms with Gasteiger partial charge in [0.25, 0.3) is 0 Å². The predicted molar refractivity (Wildman–Crippen MR) is 57.0 cm³/mol. The molecule has 5 heteroatoms. The fourth-order valence-electron chi connectivity index (χ4n) is 2.21. The average Bonchev–Trinajstić information content (AvgIpc) is 2.84. The van der Waals surface area contributed by atoms with Gasteiger partial charge in [-0.2, -0.15) is 0 Å². The molecular formula is C11H19NO4. The third-order valence-electron chi connectivity index (χ3n) is 3.36. The topological polar surface area (TPSA) is 67.8 Å². The quantitative estimate of drug-likeness (QED) is 0.704. The van der Waals surface area contributed by atoms with E-state index in [0.717, 1.165) is 12.8 Å². The van der Waals surface area contributed by atoms with E-state index < -0.39 is 5.54 Å². The van der Waals surface area contributed by atoms with Gasteiger partial charge >= 0.3 is 0 Å². The molecule has 0 aliphatic carbocycles. The second-order valence-corrected chi connectivity index (χ2v) is 4.54. The maximum Gasteiger partial charge on any atom is 0.249 e. The van der Waals surface area contributed by atoms with E-state index in [1.54, 1.807) is 0 Å². The van der Waals surface area contributed by atoms with Crippen molar-refractivity contribution in [1.29, 1.82) is 0 Å². The zero-order valence-corrected chi connectivity index (χ0v) is 9.41. The molecule has 2 fully saturated rings. The SMILES string of the molecule is O=C(NC1(CO)CCOCC1)[C@@H]1CCCO1. The Morgan fingerprint density at radius 3 is 2.69 bits per heavy atom. The van der Waals surface area contributed by atoms with Crippen molar-refractivity contribution in [3.63, 3.8) is 0 Å². The van der Waals surface area contributed by atoms with Crippen molar-refractivity contribution in [2.24, 2.45) is 0 Å². The molecular weight excluding hydrogens is 210 g/mol. The summed E-state index contributed by atoms with van der Waals surface area (Å²) in [6, 6.07) is 0. The molecule has 0 spiro atoms. The minimum Gasteiger partial charge on any atom is -0.394 e. The van der Waals surface area contributed by atoms with Crippen LogP contribution in [0.1, 0.15) is 25.7 Å². The van der Waals surface area contributed by atoms with Gasteiger partial charge < -0.3 is 19.9 Å². The molecule has 2 aliphatic rings. The molecule has 2 N–H and O–H groups in total. The van der Waals surface area contributed by atoms with E-state index in [-0.39, 0.29) is 18.6 Å². The minimum atomic E-state index is -0.499. The highest BCUT2D eigenvalue weighted by Gasteiger charge is 2.36. The van der Waals surface area contributed by atoms with Gasteiger partial charge in [-0.1, -0.05) is 0 Å². The molecule has 0 aromatic heterocycles. The third kappa shape index (κ3) is 2.53. The van der Waals surface area contributed by atoms with E-state index in [1.165, 1.54) is 0 Å². The average molecular weight is 229 g/mol. The van der Waals surface area contributed by atoms with Crippen LogP contribution >= 0.6 is 0 Å². The van der Waals surface area contributed by atoms with Gasteiger partial charge in [0.05, 0.1) is 12.1 Å². The molecule has 0 aromatic rings. The summed E-state index contributed by atoms with van der Waals surface area (Å²) in [5, 5.41) is 12.4. The first-order chi connectivity index (χ1) is 7.76. The summed E-state index contributed by atoms with van der Waals surface area (Å²) < 4.78 is 10.6. The first-order valence-electron chi connectivity index (χ1n) is 5.88. The number of carbonyl (C=O) groups is 1. The van der Waals surface area contributed by atoms with Gasteiger partial charge in [-0.25, -0.2) is 0 Å². The molecule has 2 aliphatic heterocycles. The molecule has 1 atom stereocenters. The largest absolute Gasteiger partial charge is 0.394 e. The van der Waals surface area contributed by atoms with Crippen LogP contribution in [-0.2, 0) is 14.3 Å². The number of amides is 1. The lowest BCUT2D eigenvalue weighted by Crippen LogP contribution is -2.56. The van der Waals surface area contributed by atoms with Gasteiger partial charge in [0.1, 0.15) is 6.10 Å². The predicted octanol–water partition coefficient (Wildman–Crippen LogP) is -0.177. The van der Waals surface area contributed by atoms with Crippen LogP contribution in [0.5, 0.6) is 0 Å². The highest BCUT2D eigenvalue weighted by Crippen LogP contribution is 2.21. The van der Waals surface area contributed by atoms with E-state index in [4.69, 9.17) is 9.47 Å². The Hall–Kier alpha value is -0.650. The summed E-state index contributed by atoms with van der Waals surface area (Å²) in [6.07, 6.45) is 2.73. The first kappa shape index (κ1) is 11.8. The van der Waals surface area contributed by atoms with Crippen molar-refractivity contribution in [2.45, 2.75) is 37.3 Å². The summed E-state index contributed by atoms with van der Waals surface area (Å²) >= 11 is 0. The lowest BCUT2D eigenvalue weighted by atomic mass is 9.90. The zero-order valence-electron chi connectivity index (χ0n) is 9.41. The smallest absolute Gasteiger partial charge is 0.249 e. The van der Waals surface area contributed by atoms with Crippen LogP contribution in [0, 0.1) is 0 Å². The Kier molecular flexibility index (Phi) is 3.78. The Morgan fingerprint density at radius 1 is 1.38 bits per heavy atom. The molecule has 2 saturated heterocycles. The van der Waals surface area contributed by atoms with E-state index in [9.17, 15) is 9.90 Å². The van der Waals surface area contributed by atoms with E-state index in [0.29, 0.717) is 32.7 Å². The van der Waals surface area contributed by atoms with E-state index in [1.807, 2.05) is 0 Å². The summed E-state index contributed by atoms with van der Waals surface area (Å²) in [5.41, 5.74) is -0.499. The third-order valence-corrected chi connectivity index (χ3v) is 3.36. The maximum atomic E-state index is 11.9. The van der Waals surface area contributed by atoms with Gasteiger partial charge in [-0.3, -0.25) is 4.79 Å². The molecule has 2 heterocycles. The Labute approximate surface area is 95.1 Å². The fraction of sp³-hybridized carbons (Fsp3) is 0.909. The summed E-state index contributed by atoms with van der Waals surface area (Å²) in [7, 11) is 0. The van der Waals surface area contributed by atoms with Crippen LogP contribution in [0.25, 0.3) is 0 Å². The summed E-state index contributed by atoms with van der Waals surface area (Å²) in [6.45, 7) is 1.81. The number of carbonyl (C=O) groups excluding carboxylic acids is 1.